The Morgan fingerprint density at radius 1 is 1.50 bits per heavy atom. The molecule has 0 bridgehead atoms. The second-order valence-corrected chi connectivity index (χ2v) is 4.34. The molecule has 1 aliphatic carbocycles. The topological polar surface area (TPSA) is 72.1 Å². The quantitative estimate of drug-likeness (QED) is 0.794. The number of carbonyl (C=O) groups is 2. The molecule has 6 heteroatoms. The smallest absolute Gasteiger partial charge is 0.205 e. The number of hydrogen-bond acceptors (Lipinski definition) is 5. The molecule has 1 aromatic heterocycles. The molecule has 16 heavy (non-hydrogen) atoms. The van der Waals surface area contributed by atoms with Crippen molar-refractivity contribution < 1.29 is 14.3 Å². The van der Waals surface area contributed by atoms with Gasteiger partial charge in [-0.15, -0.1) is 11.8 Å². The summed E-state index contributed by atoms with van der Waals surface area (Å²) in [5.41, 5.74) is 0.633. The van der Waals surface area contributed by atoms with E-state index in [1.165, 1.54) is 24.0 Å². The number of aromatic amines is 1. The number of aromatic nitrogens is 2. The zero-order valence-corrected chi connectivity index (χ0v) is 9.47. The molecule has 5 nitrogen and oxygen atoms in total. The predicted molar refractivity (Wildman–Crippen MR) is 59.7 cm³/mol. The fourth-order valence-corrected chi connectivity index (χ4v) is 2.28. The Balaban J connectivity index is 2.17. The third-order valence-electron chi connectivity index (χ3n) is 2.16. The molecule has 1 aromatic rings. The number of allylic oxidation sites excluding steroid dienone is 2. The van der Waals surface area contributed by atoms with E-state index in [0.717, 1.165) is 0 Å². The van der Waals surface area contributed by atoms with Gasteiger partial charge in [0.2, 0.25) is 11.6 Å². The van der Waals surface area contributed by atoms with Gasteiger partial charge in [0.1, 0.15) is 5.69 Å². The SMILES string of the molecule is COCCSC1=CC(=O)c2[nH]ncc2C1=O. The Kier molecular flexibility index (Phi) is 3.21. The number of ketones is 2. The molecular formula is C10H10N2O3S. The van der Waals surface area contributed by atoms with Crippen molar-refractivity contribution in [1.29, 1.82) is 0 Å². The molecule has 0 unspecified atom stereocenters. The maximum Gasteiger partial charge on any atom is 0.205 e. The molecule has 0 radical (unpaired) electrons. The van der Waals surface area contributed by atoms with Crippen LogP contribution < -0.4 is 0 Å². The van der Waals surface area contributed by atoms with Crippen LogP contribution in [0.15, 0.2) is 17.2 Å². The Morgan fingerprint density at radius 2 is 2.31 bits per heavy atom. The summed E-state index contributed by atoms with van der Waals surface area (Å²) in [5.74, 6) is 0.297. The van der Waals surface area contributed by atoms with Crippen LogP contribution in [-0.2, 0) is 4.74 Å². The molecule has 0 atom stereocenters. The molecule has 0 fully saturated rings. The molecular weight excluding hydrogens is 228 g/mol. The number of hydrogen-bond donors (Lipinski definition) is 1. The lowest BCUT2D eigenvalue weighted by molar-refractivity contribution is 0.0989. The maximum absolute atomic E-state index is 11.9. The number of Topliss-reactive ketones (excluding diaryl/α,β-unsaturated/α-hetero) is 1. The van der Waals surface area contributed by atoms with Crippen LogP contribution >= 0.6 is 11.8 Å². The van der Waals surface area contributed by atoms with Gasteiger partial charge in [-0.1, -0.05) is 0 Å². The van der Waals surface area contributed by atoms with Gasteiger partial charge in [0.25, 0.3) is 0 Å². The largest absolute Gasteiger partial charge is 0.384 e. The number of H-pyrrole nitrogens is 1. The zero-order chi connectivity index (χ0) is 11.5. The van der Waals surface area contributed by atoms with Gasteiger partial charge >= 0.3 is 0 Å². The summed E-state index contributed by atoms with van der Waals surface area (Å²) in [4.78, 5) is 23.9. The van der Waals surface area contributed by atoms with Crippen molar-refractivity contribution in [3.8, 4) is 0 Å². The van der Waals surface area contributed by atoms with Crippen LogP contribution in [0, 0.1) is 0 Å². The molecule has 0 aliphatic heterocycles. The minimum absolute atomic E-state index is 0.149. The van der Waals surface area contributed by atoms with Crippen molar-refractivity contribution in [2.45, 2.75) is 0 Å². The molecule has 84 valence electrons. The fraction of sp³-hybridized carbons (Fsp3) is 0.300. The van der Waals surface area contributed by atoms with E-state index in [9.17, 15) is 9.59 Å². The number of thioether (sulfide) groups is 1. The van der Waals surface area contributed by atoms with Crippen LogP contribution in [0.1, 0.15) is 20.8 Å². The molecule has 2 rings (SSSR count). The summed E-state index contributed by atoms with van der Waals surface area (Å²) in [6.45, 7) is 0.543. The van der Waals surface area contributed by atoms with Crippen LogP contribution in [0.2, 0.25) is 0 Å². The van der Waals surface area contributed by atoms with Gasteiger partial charge in [-0.25, -0.2) is 0 Å². The highest BCUT2D eigenvalue weighted by Gasteiger charge is 2.27. The van der Waals surface area contributed by atoms with Gasteiger partial charge in [0.05, 0.1) is 23.3 Å². The first-order valence-corrected chi connectivity index (χ1v) is 5.68. The standard InChI is InChI=1S/C10H10N2O3S/c1-15-2-3-16-8-4-7(13)9-6(10(8)14)5-11-12-9/h4-5H,2-3H2,1H3,(H,11,12). The van der Waals surface area contributed by atoms with Crippen molar-refractivity contribution in [3.05, 3.63) is 28.4 Å². The van der Waals surface area contributed by atoms with Gasteiger partial charge < -0.3 is 4.74 Å². The zero-order valence-electron chi connectivity index (χ0n) is 8.65. The van der Waals surface area contributed by atoms with Crippen LogP contribution in [0.3, 0.4) is 0 Å². The Morgan fingerprint density at radius 3 is 3.06 bits per heavy atom. The van der Waals surface area contributed by atoms with E-state index >= 15 is 0 Å². The van der Waals surface area contributed by atoms with E-state index in [2.05, 4.69) is 10.2 Å². The number of fused-ring (bicyclic) bond motifs is 1. The van der Waals surface area contributed by atoms with Crippen molar-refractivity contribution in [1.82, 2.24) is 10.2 Å². The van der Waals surface area contributed by atoms with E-state index < -0.39 is 0 Å². The lowest BCUT2D eigenvalue weighted by atomic mass is 10.0. The third-order valence-corrected chi connectivity index (χ3v) is 3.15. The van der Waals surface area contributed by atoms with E-state index in [4.69, 9.17) is 4.74 Å². The van der Waals surface area contributed by atoms with Gasteiger partial charge in [-0.2, -0.15) is 5.10 Å². The number of nitrogens with zero attached hydrogens (tertiary/aromatic N) is 1. The Labute approximate surface area is 96.2 Å². The van der Waals surface area contributed by atoms with Crippen LogP contribution in [0.5, 0.6) is 0 Å². The summed E-state index contributed by atoms with van der Waals surface area (Å²) in [7, 11) is 1.59. The summed E-state index contributed by atoms with van der Waals surface area (Å²) in [6.07, 6.45) is 2.74. The van der Waals surface area contributed by atoms with Crippen LogP contribution in [-0.4, -0.2) is 41.2 Å². The molecule has 1 N–H and O–H groups in total. The normalized spacial score (nSPS) is 14.9. The van der Waals surface area contributed by atoms with Crippen LogP contribution in [0.4, 0.5) is 0 Å². The number of carbonyl (C=O) groups excluding carboxylic acids is 2. The number of ether oxygens (including phenoxy) is 1. The van der Waals surface area contributed by atoms with Crippen molar-refractivity contribution >= 4 is 23.3 Å². The maximum atomic E-state index is 11.9. The van der Waals surface area contributed by atoms with Crippen molar-refractivity contribution in [2.24, 2.45) is 0 Å². The minimum atomic E-state index is -0.202. The molecule has 0 saturated heterocycles. The van der Waals surface area contributed by atoms with E-state index in [0.29, 0.717) is 22.8 Å². The van der Waals surface area contributed by atoms with E-state index in [1.807, 2.05) is 0 Å². The molecule has 0 saturated carbocycles. The first-order chi connectivity index (χ1) is 7.74. The van der Waals surface area contributed by atoms with Gasteiger partial charge in [-0.05, 0) is 0 Å². The first kappa shape index (κ1) is 11.1. The average Bonchev–Trinajstić information content (AvgIpc) is 2.75. The summed E-state index contributed by atoms with van der Waals surface area (Å²) in [6, 6.07) is 0. The number of rotatable bonds is 4. The monoisotopic (exact) mass is 238 g/mol. The Hall–Kier alpha value is -1.40. The number of nitrogens with one attached hydrogen (secondary N) is 1. The number of methoxy groups -OCH3 is 1. The highest BCUT2D eigenvalue weighted by atomic mass is 32.2. The van der Waals surface area contributed by atoms with Gasteiger partial charge in [-0.3, -0.25) is 14.7 Å². The third kappa shape index (κ3) is 1.94. The summed E-state index contributed by atoms with van der Waals surface area (Å²) < 4.78 is 4.89. The van der Waals surface area contributed by atoms with Crippen molar-refractivity contribution in [3.63, 3.8) is 0 Å². The second kappa shape index (κ2) is 4.63. The first-order valence-electron chi connectivity index (χ1n) is 4.70. The van der Waals surface area contributed by atoms with E-state index in [-0.39, 0.29) is 17.3 Å². The molecule has 1 heterocycles. The van der Waals surface area contributed by atoms with Crippen LogP contribution in [0.25, 0.3) is 0 Å². The minimum Gasteiger partial charge on any atom is -0.384 e. The Bertz CT molecular complexity index is 464. The fourth-order valence-electron chi connectivity index (χ4n) is 1.38. The molecule has 0 spiro atoms. The summed E-state index contributed by atoms with van der Waals surface area (Å²) >= 11 is 1.32. The predicted octanol–water partition coefficient (Wildman–Crippen LogP) is 1.05. The highest BCUT2D eigenvalue weighted by molar-refractivity contribution is 8.04. The van der Waals surface area contributed by atoms with E-state index in [1.54, 1.807) is 7.11 Å². The lowest BCUT2D eigenvalue weighted by Gasteiger charge is -2.09. The lowest BCUT2D eigenvalue weighted by Crippen LogP contribution is -2.14. The second-order valence-electron chi connectivity index (χ2n) is 3.20. The summed E-state index contributed by atoms with van der Waals surface area (Å²) in [5, 5.41) is 6.23. The molecule has 0 aromatic carbocycles. The molecule has 0 amide bonds. The molecule has 1 aliphatic rings. The van der Waals surface area contributed by atoms with Crippen molar-refractivity contribution in [2.75, 3.05) is 19.5 Å². The highest BCUT2D eigenvalue weighted by Crippen LogP contribution is 2.26. The van der Waals surface area contributed by atoms with Gasteiger partial charge in [0.15, 0.2) is 0 Å². The van der Waals surface area contributed by atoms with Gasteiger partial charge in [0, 0.05) is 18.9 Å². The average molecular weight is 238 g/mol.